The van der Waals surface area contributed by atoms with Crippen LogP contribution in [-0.4, -0.2) is 20.4 Å². The SMILES string of the molecule is C#CC(C)(C)Nc1ncnc(Cl)c1[N+](=O)[O-]. The molecule has 0 fully saturated rings. The van der Waals surface area contributed by atoms with Crippen LogP contribution in [0.3, 0.4) is 0 Å². The van der Waals surface area contributed by atoms with Crippen molar-refractivity contribution in [3.05, 3.63) is 21.6 Å². The van der Waals surface area contributed by atoms with Crippen molar-refractivity contribution in [1.82, 2.24) is 9.97 Å². The van der Waals surface area contributed by atoms with E-state index in [0.29, 0.717) is 0 Å². The van der Waals surface area contributed by atoms with Gasteiger partial charge in [-0.1, -0.05) is 17.5 Å². The van der Waals surface area contributed by atoms with Crippen molar-refractivity contribution in [2.45, 2.75) is 19.4 Å². The minimum atomic E-state index is -0.761. The largest absolute Gasteiger partial charge is 0.349 e. The standard InChI is InChI=1S/C9H9ClN4O2/c1-4-9(2,3)13-8-6(14(15)16)7(10)11-5-12-8/h1,5H,2-3H3,(H,11,12,13). The van der Waals surface area contributed by atoms with Gasteiger partial charge in [0.25, 0.3) is 0 Å². The Labute approximate surface area is 97.2 Å². The normalized spacial score (nSPS) is 10.6. The number of terminal acetylenes is 1. The summed E-state index contributed by atoms with van der Waals surface area (Å²) in [6, 6.07) is 0. The van der Waals surface area contributed by atoms with Gasteiger partial charge in [0.15, 0.2) is 0 Å². The number of rotatable bonds is 3. The molecule has 6 nitrogen and oxygen atoms in total. The molecule has 0 aromatic carbocycles. The molecule has 0 atom stereocenters. The van der Waals surface area contributed by atoms with Crippen molar-refractivity contribution in [2.24, 2.45) is 0 Å². The predicted molar refractivity (Wildman–Crippen MR) is 60.2 cm³/mol. The Morgan fingerprint density at radius 3 is 2.75 bits per heavy atom. The van der Waals surface area contributed by atoms with Crippen molar-refractivity contribution in [3.63, 3.8) is 0 Å². The maximum atomic E-state index is 10.8. The summed E-state index contributed by atoms with van der Waals surface area (Å²) in [4.78, 5) is 17.4. The summed E-state index contributed by atoms with van der Waals surface area (Å²) in [5, 5.41) is 13.3. The topological polar surface area (TPSA) is 81.0 Å². The Balaban J connectivity index is 3.21. The number of hydrogen-bond donors (Lipinski definition) is 1. The Kier molecular flexibility index (Phi) is 3.30. The Morgan fingerprint density at radius 2 is 2.25 bits per heavy atom. The molecule has 7 heteroatoms. The van der Waals surface area contributed by atoms with E-state index >= 15 is 0 Å². The molecule has 0 spiro atoms. The average Bonchev–Trinajstić information content (AvgIpc) is 2.16. The molecule has 1 aromatic heterocycles. The number of halogens is 1. The van der Waals surface area contributed by atoms with Crippen LogP contribution in [0.1, 0.15) is 13.8 Å². The van der Waals surface area contributed by atoms with Gasteiger partial charge in [-0.2, -0.15) is 0 Å². The first-order chi connectivity index (χ1) is 7.37. The number of hydrogen-bond acceptors (Lipinski definition) is 5. The average molecular weight is 241 g/mol. The highest BCUT2D eigenvalue weighted by Crippen LogP contribution is 2.29. The molecule has 0 aliphatic heterocycles. The highest BCUT2D eigenvalue weighted by atomic mass is 35.5. The molecular formula is C9H9ClN4O2. The minimum Gasteiger partial charge on any atom is -0.349 e. The number of nitrogens with zero attached hydrogens (tertiary/aromatic N) is 3. The van der Waals surface area contributed by atoms with Crippen LogP contribution in [0.4, 0.5) is 11.5 Å². The summed E-state index contributed by atoms with van der Waals surface area (Å²) in [7, 11) is 0. The third-order valence-electron chi connectivity index (χ3n) is 1.75. The lowest BCUT2D eigenvalue weighted by atomic mass is 10.1. The predicted octanol–water partition coefficient (Wildman–Crippen LogP) is 1.86. The second kappa shape index (κ2) is 4.33. The smallest absolute Gasteiger partial charge is 0.348 e. The van der Waals surface area contributed by atoms with Gasteiger partial charge in [-0.15, -0.1) is 6.42 Å². The van der Waals surface area contributed by atoms with Crippen LogP contribution >= 0.6 is 11.6 Å². The van der Waals surface area contributed by atoms with E-state index in [1.807, 2.05) is 0 Å². The quantitative estimate of drug-likeness (QED) is 0.377. The van der Waals surface area contributed by atoms with Gasteiger partial charge in [0.2, 0.25) is 11.0 Å². The van der Waals surface area contributed by atoms with Gasteiger partial charge in [0, 0.05) is 0 Å². The van der Waals surface area contributed by atoms with Crippen LogP contribution in [0.5, 0.6) is 0 Å². The lowest BCUT2D eigenvalue weighted by molar-refractivity contribution is -0.384. The van der Waals surface area contributed by atoms with E-state index < -0.39 is 10.5 Å². The zero-order valence-corrected chi connectivity index (χ0v) is 9.45. The van der Waals surface area contributed by atoms with E-state index in [1.165, 1.54) is 0 Å². The first-order valence-corrected chi connectivity index (χ1v) is 4.66. The summed E-state index contributed by atoms with van der Waals surface area (Å²) in [5.41, 5.74) is -1.14. The highest BCUT2D eigenvalue weighted by Gasteiger charge is 2.25. The molecule has 1 rings (SSSR count). The molecule has 84 valence electrons. The second-order valence-electron chi connectivity index (χ2n) is 3.51. The zero-order chi connectivity index (χ0) is 12.3. The summed E-state index contributed by atoms with van der Waals surface area (Å²) >= 11 is 5.61. The molecule has 0 aliphatic rings. The molecule has 0 unspecified atom stereocenters. The fourth-order valence-corrected chi connectivity index (χ4v) is 1.14. The number of anilines is 1. The molecule has 0 saturated carbocycles. The maximum Gasteiger partial charge on any atom is 0.348 e. The van der Waals surface area contributed by atoms with Crippen LogP contribution in [0, 0.1) is 22.5 Å². The van der Waals surface area contributed by atoms with Crippen molar-refractivity contribution in [3.8, 4) is 12.3 Å². The van der Waals surface area contributed by atoms with Gasteiger partial charge in [0.1, 0.15) is 6.33 Å². The lowest BCUT2D eigenvalue weighted by Gasteiger charge is -2.19. The summed E-state index contributed by atoms with van der Waals surface area (Å²) in [6.07, 6.45) is 6.39. The van der Waals surface area contributed by atoms with Crippen LogP contribution in [0.15, 0.2) is 6.33 Å². The molecule has 0 bridgehead atoms. The van der Waals surface area contributed by atoms with Crippen molar-refractivity contribution < 1.29 is 4.92 Å². The number of nitrogens with one attached hydrogen (secondary N) is 1. The highest BCUT2D eigenvalue weighted by molar-refractivity contribution is 6.31. The van der Waals surface area contributed by atoms with Crippen LogP contribution in [0.25, 0.3) is 0 Å². The number of aromatic nitrogens is 2. The van der Waals surface area contributed by atoms with E-state index in [0.717, 1.165) is 6.33 Å². The molecule has 1 N–H and O–H groups in total. The second-order valence-corrected chi connectivity index (χ2v) is 3.87. The van der Waals surface area contributed by atoms with Crippen LogP contribution in [0.2, 0.25) is 5.15 Å². The van der Waals surface area contributed by atoms with Crippen molar-refractivity contribution in [2.75, 3.05) is 5.32 Å². The molecule has 0 amide bonds. The summed E-state index contributed by atoms with van der Waals surface area (Å²) in [6.45, 7) is 3.37. The third-order valence-corrected chi connectivity index (χ3v) is 2.03. The van der Waals surface area contributed by atoms with Gasteiger partial charge in [-0.3, -0.25) is 10.1 Å². The van der Waals surface area contributed by atoms with E-state index in [2.05, 4.69) is 21.2 Å². The molecule has 1 aromatic rings. The van der Waals surface area contributed by atoms with E-state index in [-0.39, 0.29) is 16.7 Å². The molecule has 0 radical (unpaired) electrons. The van der Waals surface area contributed by atoms with Gasteiger partial charge < -0.3 is 5.32 Å². The maximum absolute atomic E-state index is 10.8. The fourth-order valence-electron chi connectivity index (χ4n) is 0.943. The summed E-state index contributed by atoms with van der Waals surface area (Å²) < 4.78 is 0. The Hall–Kier alpha value is -1.87. The monoisotopic (exact) mass is 240 g/mol. The van der Waals surface area contributed by atoms with E-state index in [9.17, 15) is 10.1 Å². The van der Waals surface area contributed by atoms with Crippen LogP contribution in [-0.2, 0) is 0 Å². The molecular weight excluding hydrogens is 232 g/mol. The zero-order valence-electron chi connectivity index (χ0n) is 8.69. The summed E-state index contributed by atoms with van der Waals surface area (Å²) in [5.74, 6) is 2.45. The fraction of sp³-hybridized carbons (Fsp3) is 0.333. The van der Waals surface area contributed by atoms with Crippen molar-refractivity contribution in [1.29, 1.82) is 0 Å². The lowest BCUT2D eigenvalue weighted by Crippen LogP contribution is -2.29. The number of nitro groups is 1. The molecule has 1 heterocycles. The molecule has 0 saturated heterocycles. The van der Waals surface area contributed by atoms with Gasteiger partial charge in [-0.05, 0) is 13.8 Å². The van der Waals surface area contributed by atoms with Crippen molar-refractivity contribution >= 4 is 23.1 Å². The van der Waals surface area contributed by atoms with E-state index in [4.69, 9.17) is 18.0 Å². The first-order valence-electron chi connectivity index (χ1n) is 4.28. The Bertz CT molecular complexity index is 467. The first kappa shape index (κ1) is 12.2. The van der Waals surface area contributed by atoms with E-state index in [1.54, 1.807) is 13.8 Å². The molecule has 16 heavy (non-hydrogen) atoms. The minimum absolute atomic E-state index is 0.00736. The Morgan fingerprint density at radius 1 is 1.62 bits per heavy atom. The van der Waals surface area contributed by atoms with Gasteiger partial charge in [0.05, 0.1) is 10.5 Å². The van der Waals surface area contributed by atoms with Gasteiger partial charge >= 0.3 is 5.69 Å². The molecule has 0 aliphatic carbocycles. The third kappa shape index (κ3) is 2.58. The van der Waals surface area contributed by atoms with Crippen LogP contribution < -0.4 is 5.32 Å². The van der Waals surface area contributed by atoms with Gasteiger partial charge in [-0.25, -0.2) is 9.97 Å².